The standard InChI is InChI=1S/C24H30N6O4S.C15H29BrN4O4SSi.C15H16N2O/c1-24(2,31)17-10-12-30(14-17)35(32,33)23-27-22(28-29-23)26-21-18-6-4-5-15(18)7-8-19(21)16-9-11-25-20(13-16)34-3;1-15(2,21)12-6-7-19(10-12)25(22,23)14-17-13(16)18-20(14)11-24-8-9-26(3,4)5;1-18-14-9-11(7-8-17-14)13-6-5-10-3-2-4-12(10)15(13)16/h7-9,11,13,17,31H,4-6,10,12,14H2,1-3H3,(H2,26,27,28,29);12,21H,6-11H2,1-5H3;5-9H,2-4,16H2,1H3/t17-;12-;/m00./s1. The first-order valence-corrected chi connectivity index (χ1v) is 34.0. The summed E-state index contributed by atoms with van der Waals surface area (Å²) < 4.78 is 72.6. The van der Waals surface area contributed by atoms with Gasteiger partial charge in [-0.15, -0.1) is 10.2 Å². The number of sulfonamides is 2. The molecule has 0 saturated carbocycles. The molecule has 2 aliphatic carbocycles. The van der Waals surface area contributed by atoms with Crippen LogP contribution in [0, 0.1) is 11.8 Å². The lowest BCUT2D eigenvalue weighted by Gasteiger charge is -2.25. The molecule has 2 fully saturated rings. The maximum atomic E-state index is 13.2. The van der Waals surface area contributed by atoms with Crippen molar-refractivity contribution < 1.29 is 41.3 Å². The Labute approximate surface area is 473 Å². The fourth-order valence-corrected chi connectivity index (χ4v) is 14.4. The van der Waals surface area contributed by atoms with E-state index in [1.165, 1.54) is 42.0 Å². The summed E-state index contributed by atoms with van der Waals surface area (Å²) in [5.41, 5.74) is 15.4. The number of fused-ring (bicyclic) bond motifs is 2. The van der Waals surface area contributed by atoms with Crippen molar-refractivity contribution in [3.63, 3.8) is 0 Å². The van der Waals surface area contributed by atoms with Crippen LogP contribution in [0.3, 0.4) is 0 Å². The predicted molar refractivity (Wildman–Crippen MR) is 309 cm³/mol. The molecule has 0 bridgehead atoms. The SMILES string of the molecule is CC(C)(O)[C@H]1CCN(S(=O)(=O)c2nc(Br)nn2COCC[Si](C)(C)C)C1.COc1cc(-c2ccc3c(c2N)CCC3)ccn1.COc1cc(-c2ccc3c(c2Nc2n[nH]c(S(=O)(=O)N4CC[C@H](C(C)(C)O)C4)n2)CCC3)ccn1. The number of H-pyrrole nitrogens is 1. The summed E-state index contributed by atoms with van der Waals surface area (Å²) in [6.07, 6.45) is 11.1. The zero-order chi connectivity index (χ0) is 57.1. The fraction of sp³-hybridized carbons (Fsp3) is 0.519. The number of pyridine rings is 2. The maximum absolute atomic E-state index is 13.2. The molecule has 0 unspecified atom stereocenters. The van der Waals surface area contributed by atoms with E-state index in [0.717, 1.165) is 71.8 Å². The van der Waals surface area contributed by atoms with Crippen molar-refractivity contribution in [1.29, 1.82) is 0 Å². The molecular formula is C54H75BrN12O9S2Si. The lowest BCUT2D eigenvalue weighted by molar-refractivity contribution is 0.0231. The van der Waals surface area contributed by atoms with Crippen molar-refractivity contribution in [1.82, 2.24) is 48.5 Å². The average molecular weight is 1210 g/mol. The number of aryl methyl sites for hydroxylation is 2. The second-order valence-corrected chi connectivity index (χ2v) is 32.8. The van der Waals surface area contributed by atoms with Gasteiger partial charge in [0.25, 0.3) is 30.4 Å². The zero-order valence-electron chi connectivity index (χ0n) is 46.6. The smallest absolute Gasteiger partial charge is 0.278 e. The van der Waals surface area contributed by atoms with Gasteiger partial charge >= 0.3 is 0 Å². The Bertz CT molecular complexity index is 3340. The molecule has 2 aromatic carbocycles. The minimum Gasteiger partial charge on any atom is -0.481 e. The molecule has 0 radical (unpaired) electrons. The number of halogens is 1. The van der Waals surface area contributed by atoms with Crippen molar-refractivity contribution in [3.8, 4) is 34.0 Å². The van der Waals surface area contributed by atoms with E-state index in [9.17, 15) is 27.0 Å². The highest BCUT2D eigenvalue weighted by molar-refractivity contribution is 9.10. The molecule has 4 aliphatic rings. The van der Waals surface area contributed by atoms with Crippen molar-refractivity contribution in [2.24, 2.45) is 11.8 Å². The number of anilines is 3. The lowest BCUT2D eigenvalue weighted by Crippen LogP contribution is -2.36. The normalized spacial score (nSPS) is 17.9. The van der Waals surface area contributed by atoms with Crippen molar-refractivity contribution in [3.05, 3.63) is 87.9 Å². The number of ether oxygens (including phenoxy) is 3. The van der Waals surface area contributed by atoms with E-state index < -0.39 is 39.3 Å². The van der Waals surface area contributed by atoms with Crippen molar-refractivity contribution in [2.75, 3.05) is 58.1 Å². The molecule has 21 nitrogen and oxygen atoms in total. The Morgan fingerprint density at radius 1 is 0.772 bits per heavy atom. The molecular weight excluding hydrogens is 1130 g/mol. The number of aliphatic hydroxyl groups is 2. The van der Waals surface area contributed by atoms with Crippen LogP contribution in [0.15, 0.2) is 76.0 Å². The number of aromatic nitrogens is 8. The summed E-state index contributed by atoms with van der Waals surface area (Å²) >= 11 is 3.15. The van der Waals surface area contributed by atoms with E-state index >= 15 is 0 Å². The number of nitrogen functional groups attached to an aromatic ring is 1. The molecule has 10 rings (SSSR count). The third-order valence-corrected chi connectivity index (χ3v) is 20.6. The second kappa shape index (κ2) is 24.4. The number of methoxy groups -OCH3 is 2. The third-order valence-electron chi connectivity index (χ3n) is 15.1. The molecule has 6 N–H and O–H groups in total. The fourth-order valence-electron chi connectivity index (χ4n) is 10.3. The van der Waals surface area contributed by atoms with Crippen LogP contribution in [0.2, 0.25) is 25.7 Å². The number of nitrogens with two attached hydrogens (primary N) is 1. The Hall–Kier alpha value is -5.38. The quantitative estimate of drug-likeness (QED) is 0.0330. The molecule has 79 heavy (non-hydrogen) atoms. The number of nitrogens with one attached hydrogen (secondary N) is 2. The highest BCUT2D eigenvalue weighted by atomic mass is 79.9. The zero-order valence-corrected chi connectivity index (χ0v) is 50.8. The van der Waals surface area contributed by atoms with Gasteiger partial charge in [0.1, 0.15) is 6.73 Å². The summed E-state index contributed by atoms with van der Waals surface area (Å²) in [6, 6.07) is 17.1. The van der Waals surface area contributed by atoms with Crippen LogP contribution in [-0.2, 0) is 57.2 Å². The van der Waals surface area contributed by atoms with Crippen LogP contribution in [0.4, 0.5) is 17.3 Å². The summed E-state index contributed by atoms with van der Waals surface area (Å²) in [5.74, 6) is 1.07. The van der Waals surface area contributed by atoms with Gasteiger partial charge in [0.15, 0.2) is 0 Å². The summed E-state index contributed by atoms with van der Waals surface area (Å²) in [7, 11) is -5.67. The van der Waals surface area contributed by atoms with Crippen LogP contribution in [0.5, 0.6) is 11.8 Å². The van der Waals surface area contributed by atoms with Crippen LogP contribution < -0.4 is 20.5 Å². The van der Waals surface area contributed by atoms with E-state index in [2.05, 4.69) is 94.3 Å². The Morgan fingerprint density at radius 3 is 1.87 bits per heavy atom. The second-order valence-electron chi connectivity index (χ2n) is 22.8. The number of aromatic amines is 1. The van der Waals surface area contributed by atoms with Gasteiger partial charge in [0.05, 0.1) is 31.1 Å². The van der Waals surface area contributed by atoms with E-state index in [1.54, 1.807) is 54.3 Å². The number of benzene rings is 2. The van der Waals surface area contributed by atoms with Crippen LogP contribution in [0.25, 0.3) is 22.3 Å². The molecule has 2 saturated heterocycles. The Morgan fingerprint density at radius 2 is 1.32 bits per heavy atom. The molecule has 428 valence electrons. The Balaban J connectivity index is 0.000000165. The van der Waals surface area contributed by atoms with Crippen molar-refractivity contribution in [2.45, 2.75) is 133 Å². The van der Waals surface area contributed by atoms with Gasteiger partial charge in [0, 0.05) is 94.0 Å². The minimum atomic E-state index is -3.86. The van der Waals surface area contributed by atoms with Crippen LogP contribution in [-0.4, -0.2) is 142 Å². The first-order chi connectivity index (χ1) is 37.3. The van der Waals surface area contributed by atoms with E-state index in [0.29, 0.717) is 44.3 Å². The molecule has 25 heteroatoms. The van der Waals surface area contributed by atoms with E-state index in [1.807, 2.05) is 30.3 Å². The lowest BCUT2D eigenvalue weighted by atomic mass is 9.91. The summed E-state index contributed by atoms with van der Waals surface area (Å²) in [5, 5.41) is 34.3. The van der Waals surface area contributed by atoms with Gasteiger partial charge in [-0.1, -0.05) is 43.9 Å². The molecule has 0 amide bonds. The molecule has 2 atom stereocenters. The van der Waals surface area contributed by atoms with Gasteiger partial charge in [-0.25, -0.2) is 36.6 Å². The van der Waals surface area contributed by atoms with Gasteiger partial charge < -0.3 is 35.5 Å². The summed E-state index contributed by atoms with van der Waals surface area (Å²) in [4.78, 5) is 16.7. The number of nitrogens with zero attached hydrogens (tertiary/aromatic N) is 9. The minimum absolute atomic E-state index is 0.0421. The van der Waals surface area contributed by atoms with Crippen molar-refractivity contribution >= 4 is 61.4 Å². The van der Waals surface area contributed by atoms with Gasteiger partial charge in [-0.3, -0.25) is 0 Å². The highest BCUT2D eigenvalue weighted by Crippen LogP contribution is 2.40. The first kappa shape index (κ1) is 59.7. The molecule has 0 spiro atoms. The van der Waals surface area contributed by atoms with Gasteiger partial charge in [0.2, 0.25) is 22.4 Å². The number of rotatable bonds is 17. The van der Waals surface area contributed by atoms with Crippen LogP contribution >= 0.6 is 15.9 Å². The highest BCUT2D eigenvalue weighted by Gasteiger charge is 2.42. The average Bonchev–Trinajstić information content (AvgIpc) is 4.39. The predicted octanol–water partition coefficient (Wildman–Crippen LogP) is 7.85. The van der Waals surface area contributed by atoms with Gasteiger partial charge in [-0.2, -0.15) is 18.6 Å². The maximum Gasteiger partial charge on any atom is 0.278 e. The van der Waals surface area contributed by atoms with Crippen LogP contribution in [0.1, 0.15) is 75.6 Å². The molecule has 6 heterocycles. The van der Waals surface area contributed by atoms with Gasteiger partial charge in [-0.05, 0) is 147 Å². The molecule has 2 aliphatic heterocycles. The van der Waals surface area contributed by atoms with E-state index in [-0.39, 0.29) is 52.7 Å². The summed E-state index contributed by atoms with van der Waals surface area (Å²) in [6.45, 7) is 15.4. The first-order valence-electron chi connectivity index (χ1n) is 26.6. The van der Waals surface area contributed by atoms with E-state index in [4.69, 9.17) is 19.9 Å². The number of hydrogen-bond donors (Lipinski definition) is 5. The largest absolute Gasteiger partial charge is 0.481 e. The Kier molecular flexibility index (Phi) is 18.4. The topological polar surface area (TPSA) is 279 Å². The molecule has 4 aromatic heterocycles. The monoisotopic (exact) mass is 1210 g/mol. The third kappa shape index (κ3) is 14.2. The molecule has 6 aromatic rings. The number of hydrogen-bond acceptors (Lipinski definition) is 17.